The molecule has 0 aliphatic carbocycles. The Morgan fingerprint density at radius 2 is 2.12 bits per heavy atom. The summed E-state index contributed by atoms with van der Waals surface area (Å²) in [6.07, 6.45) is 2.05. The molecule has 0 radical (unpaired) electrons. The van der Waals surface area contributed by atoms with Crippen molar-refractivity contribution < 1.29 is 14.0 Å². The zero-order valence-corrected chi connectivity index (χ0v) is 15.2. The Kier molecular flexibility index (Phi) is 5.26. The summed E-state index contributed by atoms with van der Waals surface area (Å²) in [5.74, 6) is 0.0612. The highest BCUT2D eigenvalue weighted by Gasteiger charge is 2.40. The molecule has 1 aromatic carbocycles. The fourth-order valence-electron chi connectivity index (χ4n) is 4.13. The van der Waals surface area contributed by atoms with Crippen LogP contribution in [0.3, 0.4) is 0 Å². The summed E-state index contributed by atoms with van der Waals surface area (Å²) in [7, 11) is 0. The number of hydrogen-bond donors (Lipinski definition) is 0. The van der Waals surface area contributed by atoms with E-state index >= 15 is 0 Å². The van der Waals surface area contributed by atoms with Crippen molar-refractivity contribution in [3.63, 3.8) is 0 Å². The molecule has 3 rings (SSSR count). The lowest BCUT2D eigenvalue weighted by atomic mass is 9.83. The number of nitrogens with zero attached hydrogens (tertiary/aromatic N) is 3. The molecule has 138 valence electrons. The predicted octanol–water partition coefficient (Wildman–Crippen LogP) is 2.81. The van der Waals surface area contributed by atoms with Crippen LogP contribution in [-0.4, -0.2) is 47.3 Å². The monoisotopic (exact) mass is 357 g/mol. The van der Waals surface area contributed by atoms with Gasteiger partial charge < -0.3 is 9.80 Å². The van der Waals surface area contributed by atoms with Gasteiger partial charge in [0.25, 0.3) is 5.91 Å². The van der Waals surface area contributed by atoms with E-state index < -0.39 is 5.82 Å². The first-order valence-corrected chi connectivity index (χ1v) is 9.18. The van der Waals surface area contributed by atoms with Crippen LogP contribution in [0.5, 0.6) is 0 Å². The Hall–Kier alpha value is -2.42. The van der Waals surface area contributed by atoms with Gasteiger partial charge in [0.05, 0.1) is 11.6 Å². The Balaban J connectivity index is 1.74. The lowest BCUT2D eigenvalue weighted by molar-refractivity contribution is -0.141. The fraction of sp³-hybridized carbons (Fsp3) is 0.550. The van der Waals surface area contributed by atoms with Crippen molar-refractivity contribution >= 4 is 11.8 Å². The van der Waals surface area contributed by atoms with E-state index in [1.165, 1.54) is 12.1 Å². The number of rotatable bonds is 3. The quantitative estimate of drug-likeness (QED) is 0.836. The van der Waals surface area contributed by atoms with Crippen LogP contribution in [0.1, 0.15) is 49.0 Å². The Morgan fingerprint density at radius 3 is 2.81 bits per heavy atom. The van der Waals surface area contributed by atoms with Gasteiger partial charge in [-0.1, -0.05) is 13.8 Å². The maximum atomic E-state index is 13.7. The van der Waals surface area contributed by atoms with Crippen molar-refractivity contribution in [2.24, 2.45) is 11.8 Å². The van der Waals surface area contributed by atoms with Gasteiger partial charge in [0.1, 0.15) is 5.82 Å². The average molecular weight is 357 g/mol. The van der Waals surface area contributed by atoms with E-state index in [4.69, 9.17) is 5.26 Å². The van der Waals surface area contributed by atoms with Crippen molar-refractivity contribution in [2.75, 3.05) is 19.6 Å². The lowest BCUT2D eigenvalue weighted by Gasteiger charge is -2.47. The van der Waals surface area contributed by atoms with Crippen LogP contribution in [-0.2, 0) is 4.79 Å². The van der Waals surface area contributed by atoms with E-state index in [1.807, 2.05) is 11.0 Å². The summed E-state index contributed by atoms with van der Waals surface area (Å²) in [4.78, 5) is 28.8. The maximum absolute atomic E-state index is 13.7. The zero-order valence-electron chi connectivity index (χ0n) is 15.2. The summed E-state index contributed by atoms with van der Waals surface area (Å²) in [6.45, 7) is 6.08. The van der Waals surface area contributed by atoms with Gasteiger partial charge in [-0.15, -0.1) is 0 Å². The fourth-order valence-corrected chi connectivity index (χ4v) is 4.13. The molecule has 26 heavy (non-hydrogen) atoms. The zero-order chi connectivity index (χ0) is 18.8. The van der Waals surface area contributed by atoms with Crippen LogP contribution >= 0.6 is 0 Å². The number of nitriles is 1. The molecule has 2 aliphatic heterocycles. The van der Waals surface area contributed by atoms with E-state index in [1.54, 1.807) is 4.90 Å². The first kappa shape index (κ1) is 18.4. The summed E-state index contributed by atoms with van der Waals surface area (Å²) >= 11 is 0. The summed E-state index contributed by atoms with van der Waals surface area (Å²) in [5, 5.41) is 8.98. The van der Waals surface area contributed by atoms with Gasteiger partial charge in [0.2, 0.25) is 5.91 Å². The van der Waals surface area contributed by atoms with Crippen LogP contribution in [0.15, 0.2) is 18.2 Å². The molecule has 2 heterocycles. The number of carbonyl (C=O) groups is 2. The molecule has 0 aromatic heterocycles. The van der Waals surface area contributed by atoms with Crippen LogP contribution in [0, 0.1) is 29.0 Å². The number of piperidine rings is 2. The van der Waals surface area contributed by atoms with Crippen LogP contribution < -0.4 is 0 Å². The van der Waals surface area contributed by atoms with Gasteiger partial charge in [-0.05, 0) is 42.9 Å². The molecule has 0 saturated carbocycles. The molecule has 6 heteroatoms. The number of amides is 2. The van der Waals surface area contributed by atoms with Crippen molar-refractivity contribution in [2.45, 2.75) is 39.2 Å². The summed E-state index contributed by atoms with van der Waals surface area (Å²) < 4.78 is 13.7. The molecule has 1 aromatic rings. The molecule has 2 fully saturated rings. The number of likely N-dealkylation sites (tertiary alicyclic amines) is 2. The van der Waals surface area contributed by atoms with E-state index in [2.05, 4.69) is 13.8 Å². The minimum atomic E-state index is -0.575. The van der Waals surface area contributed by atoms with Crippen molar-refractivity contribution in [3.05, 3.63) is 35.1 Å². The first-order chi connectivity index (χ1) is 12.4. The van der Waals surface area contributed by atoms with Crippen LogP contribution in [0.2, 0.25) is 0 Å². The Bertz CT molecular complexity index is 756. The molecule has 2 amide bonds. The Labute approximate surface area is 153 Å². The molecule has 2 saturated heterocycles. The van der Waals surface area contributed by atoms with Gasteiger partial charge in [-0.2, -0.15) is 5.26 Å². The number of carbonyl (C=O) groups excluding carboxylic acids is 2. The highest BCUT2D eigenvalue weighted by molar-refractivity contribution is 5.94. The molecular weight excluding hydrogens is 333 g/mol. The third-order valence-electron chi connectivity index (χ3n) is 5.27. The van der Waals surface area contributed by atoms with E-state index in [9.17, 15) is 14.0 Å². The average Bonchev–Trinajstić information content (AvgIpc) is 2.62. The third kappa shape index (κ3) is 3.72. The summed E-state index contributed by atoms with van der Waals surface area (Å²) in [6, 6.07) is 5.82. The normalized spacial score (nSPS) is 23.0. The second-order valence-corrected chi connectivity index (χ2v) is 7.69. The number of fused-ring (bicyclic) bond motifs is 1. The van der Waals surface area contributed by atoms with Crippen LogP contribution in [0.25, 0.3) is 0 Å². The molecule has 0 spiro atoms. The minimum absolute atomic E-state index is 0.148. The standard InChI is InChI=1S/C20H24FN3O2/c1-13(2)11-24-18-5-6-23(12-15(18)3-4-19(24)25)20(26)16-7-14(10-22)8-17(21)9-16/h7-9,13,15,18H,3-6,11-12H2,1-2H3/t15-,18+/m0/s1. The second kappa shape index (κ2) is 7.45. The van der Waals surface area contributed by atoms with Gasteiger partial charge in [0, 0.05) is 37.7 Å². The highest BCUT2D eigenvalue weighted by atomic mass is 19.1. The van der Waals surface area contributed by atoms with Gasteiger partial charge in [-0.3, -0.25) is 9.59 Å². The molecule has 0 unspecified atom stereocenters. The smallest absolute Gasteiger partial charge is 0.254 e. The SMILES string of the molecule is CC(C)CN1C(=O)CC[C@H]2CN(C(=O)c3cc(F)cc(C#N)c3)CC[C@H]21. The number of halogens is 1. The Morgan fingerprint density at radius 1 is 1.35 bits per heavy atom. The number of hydrogen-bond acceptors (Lipinski definition) is 3. The van der Waals surface area contributed by atoms with E-state index in [-0.39, 0.29) is 34.9 Å². The van der Waals surface area contributed by atoms with E-state index in [0.29, 0.717) is 25.4 Å². The van der Waals surface area contributed by atoms with Gasteiger partial charge in [-0.25, -0.2) is 4.39 Å². The van der Waals surface area contributed by atoms with Crippen molar-refractivity contribution in [1.29, 1.82) is 5.26 Å². The summed E-state index contributed by atoms with van der Waals surface area (Å²) in [5.41, 5.74) is 0.362. The second-order valence-electron chi connectivity index (χ2n) is 7.69. The van der Waals surface area contributed by atoms with E-state index in [0.717, 1.165) is 25.5 Å². The largest absolute Gasteiger partial charge is 0.339 e. The number of benzene rings is 1. The third-order valence-corrected chi connectivity index (χ3v) is 5.27. The molecule has 2 aliphatic rings. The lowest BCUT2D eigenvalue weighted by Crippen LogP contribution is -2.57. The first-order valence-electron chi connectivity index (χ1n) is 9.18. The molecule has 2 atom stereocenters. The molecule has 0 N–H and O–H groups in total. The molecule has 5 nitrogen and oxygen atoms in total. The van der Waals surface area contributed by atoms with Crippen molar-refractivity contribution in [1.82, 2.24) is 9.80 Å². The van der Waals surface area contributed by atoms with Crippen LogP contribution in [0.4, 0.5) is 4.39 Å². The predicted molar refractivity (Wildman–Crippen MR) is 94.7 cm³/mol. The van der Waals surface area contributed by atoms with Gasteiger partial charge in [0.15, 0.2) is 0 Å². The highest BCUT2D eigenvalue weighted by Crippen LogP contribution is 2.32. The van der Waals surface area contributed by atoms with Crippen molar-refractivity contribution in [3.8, 4) is 6.07 Å². The maximum Gasteiger partial charge on any atom is 0.254 e. The molecule has 0 bridgehead atoms. The topological polar surface area (TPSA) is 64.4 Å². The minimum Gasteiger partial charge on any atom is -0.339 e. The van der Waals surface area contributed by atoms with Gasteiger partial charge >= 0.3 is 0 Å². The molecular formula is C20H24FN3O2.